The summed E-state index contributed by atoms with van der Waals surface area (Å²) in [6, 6.07) is -2.17. The Kier molecular flexibility index (Phi) is 3.70. The standard InChI is InChI=1S/C9H15N3O4/c1-5(7(10)13)11-9(16)12-4-2-3-6(12)8(14)15/h5-6H,2-4H2,1H3,(H2,10,13)(H,11,16)(H,14,15). The van der Waals surface area contributed by atoms with Gasteiger partial charge >= 0.3 is 12.0 Å². The largest absolute Gasteiger partial charge is 0.480 e. The van der Waals surface area contributed by atoms with E-state index in [1.165, 1.54) is 11.8 Å². The van der Waals surface area contributed by atoms with E-state index in [0.717, 1.165) is 0 Å². The molecule has 3 amide bonds. The third kappa shape index (κ3) is 2.62. The Morgan fingerprint density at radius 3 is 2.62 bits per heavy atom. The third-order valence-corrected chi connectivity index (χ3v) is 2.57. The highest BCUT2D eigenvalue weighted by Gasteiger charge is 2.34. The zero-order valence-corrected chi connectivity index (χ0v) is 8.97. The van der Waals surface area contributed by atoms with Crippen LogP contribution in [0.15, 0.2) is 0 Å². The minimum Gasteiger partial charge on any atom is -0.480 e. The zero-order valence-electron chi connectivity index (χ0n) is 8.97. The van der Waals surface area contributed by atoms with Gasteiger partial charge in [0.1, 0.15) is 12.1 Å². The molecule has 1 heterocycles. The number of carboxylic acid groups (broad SMARTS) is 1. The second kappa shape index (κ2) is 4.82. The Bertz CT molecular complexity index is 318. The van der Waals surface area contributed by atoms with Gasteiger partial charge in [0.15, 0.2) is 0 Å². The number of nitrogens with one attached hydrogen (secondary N) is 1. The number of amides is 3. The Morgan fingerprint density at radius 1 is 1.50 bits per heavy atom. The lowest BCUT2D eigenvalue weighted by Crippen LogP contribution is -2.51. The van der Waals surface area contributed by atoms with Crippen molar-refractivity contribution < 1.29 is 19.5 Å². The van der Waals surface area contributed by atoms with Gasteiger partial charge in [-0.3, -0.25) is 4.79 Å². The second-order valence-electron chi connectivity index (χ2n) is 3.76. The van der Waals surface area contributed by atoms with Gasteiger partial charge in [-0.1, -0.05) is 0 Å². The minimum atomic E-state index is -1.03. The molecule has 7 heteroatoms. The molecule has 0 bridgehead atoms. The quantitative estimate of drug-likeness (QED) is 0.583. The molecule has 1 fully saturated rings. The smallest absolute Gasteiger partial charge is 0.326 e. The average molecular weight is 229 g/mol. The van der Waals surface area contributed by atoms with Gasteiger partial charge in [0.05, 0.1) is 0 Å². The number of rotatable bonds is 3. The fraction of sp³-hybridized carbons (Fsp3) is 0.667. The zero-order chi connectivity index (χ0) is 12.3. The SMILES string of the molecule is CC(NC(=O)N1CCCC1C(=O)O)C(N)=O. The molecule has 1 saturated heterocycles. The van der Waals surface area contributed by atoms with E-state index in [1.54, 1.807) is 0 Å². The van der Waals surface area contributed by atoms with Crippen LogP contribution in [0.25, 0.3) is 0 Å². The van der Waals surface area contributed by atoms with Crippen molar-refractivity contribution in [3.05, 3.63) is 0 Å². The van der Waals surface area contributed by atoms with Crippen molar-refractivity contribution in [1.29, 1.82) is 0 Å². The predicted molar refractivity (Wildman–Crippen MR) is 54.6 cm³/mol. The fourth-order valence-electron chi connectivity index (χ4n) is 1.61. The number of likely N-dealkylation sites (tertiary alicyclic amines) is 1. The summed E-state index contributed by atoms with van der Waals surface area (Å²) in [5.41, 5.74) is 4.99. The first-order chi connectivity index (χ1) is 7.43. The number of hydrogen-bond donors (Lipinski definition) is 3. The van der Waals surface area contributed by atoms with Gasteiger partial charge < -0.3 is 21.1 Å². The topological polar surface area (TPSA) is 113 Å². The van der Waals surface area contributed by atoms with Crippen molar-refractivity contribution in [3.63, 3.8) is 0 Å². The molecule has 0 aromatic carbocycles. The van der Waals surface area contributed by atoms with Crippen LogP contribution >= 0.6 is 0 Å². The first-order valence-corrected chi connectivity index (χ1v) is 5.02. The first-order valence-electron chi connectivity index (χ1n) is 5.02. The van der Waals surface area contributed by atoms with Crippen LogP contribution < -0.4 is 11.1 Å². The van der Waals surface area contributed by atoms with Crippen LogP contribution in [0, 0.1) is 0 Å². The number of nitrogens with zero attached hydrogens (tertiary/aromatic N) is 1. The molecule has 0 saturated carbocycles. The van der Waals surface area contributed by atoms with Gasteiger partial charge in [-0.2, -0.15) is 0 Å². The highest BCUT2D eigenvalue weighted by atomic mass is 16.4. The average Bonchev–Trinajstić information content (AvgIpc) is 2.65. The summed E-state index contributed by atoms with van der Waals surface area (Å²) in [7, 11) is 0. The second-order valence-corrected chi connectivity index (χ2v) is 3.76. The first kappa shape index (κ1) is 12.3. The molecule has 16 heavy (non-hydrogen) atoms. The van der Waals surface area contributed by atoms with Crippen molar-refractivity contribution >= 4 is 17.9 Å². The molecule has 7 nitrogen and oxygen atoms in total. The van der Waals surface area contributed by atoms with Crippen molar-refractivity contribution in [2.45, 2.75) is 31.8 Å². The summed E-state index contributed by atoms with van der Waals surface area (Å²) in [5, 5.41) is 11.2. The van der Waals surface area contributed by atoms with E-state index >= 15 is 0 Å². The molecule has 0 radical (unpaired) electrons. The third-order valence-electron chi connectivity index (χ3n) is 2.57. The van der Waals surface area contributed by atoms with Gasteiger partial charge in [-0.25, -0.2) is 9.59 Å². The molecule has 0 aliphatic carbocycles. The van der Waals surface area contributed by atoms with Crippen molar-refractivity contribution in [1.82, 2.24) is 10.2 Å². The maximum atomic E-state index is 11.6. The van der Waals surface area contributed by atoms with Crippen LogP contribution in [0.1, 0.15) is 19.8 Å². The number of primary amides is 1. The van der Waals surface area contributed by atoms with Gasteiger partial charge in [-0.15, -0.1) is 0 Å². The molecule has 1 aliphatic heterocycles. The molecule has 0 aromatic rings. The number of nitrogens with two attached hydrogens (primary N) is 1. The van der Waals surface area contributed by atoms with Crippen molar-refractivity contribution in [2.24, 2.45) is 5.73 Å². The molecule has 2 atom stereocenters. The van der Waals surface area contributed by atoms with Crippen molar-refractivity contribution in [2.75, 3.05) is 6.54 Å². The predicted octanol–water partition coefficient (Wildman–Crippen LogP) is -0.881. The maximum Gasteiger partial charge on any atom is 0.326 e. The summed E-state index contributed by atoms with van der Waals surface area (Å²) in [6.07, 6.45) is 1.09. The molecule has 4 N–H and O–H groups in total. The van der Waals surface area contributed by atoms with E-state index in [0.29, 0.717) is 19.4 Å². The van der Waals surface area contributed by atoms with E-state index in [2.05, 4.69) is 5.32 Å². The molecular weight excluding hydrogens is 214 g/mol. The lowest BCUT2D eigenvalue weighted by molar-refractivity contribution is -0.141. The van der Waals surface area contributed by atoms with E-state index in [1.807, 2.05) is 0 Å². The number of hydrogen-bond acceptors (Lipinski definition) is 3. The number of aliphatic carboxylic acids is 1. The monoisotopic (exact) mass is 229 g/mol. The van der Waals surface area contributed by atoms with Gasteiger partial charge in [0, 0.05) is 6.54 Å². The van der Waals surface area contributed by atoms with Gasteiger partial charge in [0.25, 0.3) is 0 Å². The Hall–Kier alpha value is -1.79. The number of carbonyl (C=O) groups excluding carboxylic acids is 2. The number of urea groups is 1. The number of carboxylic acids is 1. The highest BCUT2D eigenvalue weighted by molar-refractivity contribution is 5.88. The Balaban J connectivity index is 2.60. The van der Waals surface area contributed by atoms with E-state index in [-0.39, 0.29) is 0 Å². The van der Waals surface area contributed by atoms with E-state index < -0.39 is 30.0 Å². The van der Waals surface area contributed by atoms with Crippen LogP contribution in [0.2, 0.25) is 0 Å². The van der Waals surface area contributed by atoms with Gasteiger partial charge in [0.2, 0.25) is 5.91 Å². The van der Waals surface area contributed by atoms with E-state index in [4.69, 9.17) is 10.8 Å². The summed E-state index contributed by atoms with van der Waals surface area (Å²) in [5.74, 6) is -1.68. The number of carbonyl (C=O) groups is 3. The summed E-state index contributed by atoms with van der Waals surface area (Å²) in [4.78, 5) is 34.4. The summed E-state index contributed by atoms with van der Waals surface area (Å²) >= 11 is 0. The van der Waals surface area contributed by atoms with Crippen molar-refractivity contribution in [3.8, 4) is 0 Å². The molecule has 0 aromatic heterocycles. The molecule has 0 spiro atoms. The maximum absolute atomic E-state index is 11.6. The lowest BCUT2D eigenvalue weighted by atomic mass is 10.2. The lowest BCUT2D eigenvalue weighted by Gasteiger charge is -2.23. The molecule has 1 aliphatic rings. The van der Waals surface area contributed by atoms with E-state index in [9.17, 15) is 14.4 Å². The summed E-state index contributed by atoms with van der Waals surface area (Å²) in [6.45, 7) is 1.83. The van der Waals surface area contributed by atoms with Crippen LogP contribution in [0.3, 0.4) is 0 Å². The van der Waals surface area contributed by atoms with Crippen LogP contribution in [0.5, 0.6) is 0 Å². The molecule has 1 rings (SSSR count). The highest BCUT2D eigenvalue weighted by Crippen LogP contribution is 2.17. The Labute approximate surface area is 92.6 Å². The minimum absolute atomic E-state index is 0.383. The fourth-order valence-corrected chi connectivity index (χ4v) is 1.61. The normalized spacial score (nSPS) is 21.6. The van der Waals surface area contributed by atoms with Crippen LogP contribution in [0.4, 0.5) is 4.79 Å². The summed E-state index contributed by atoms with van der Waals surface area (Å²) < 4.78 is 0. The van der Waals surface area contributed by atoms with Gasteiger partial charge in [-0.05, 0) is 19.8 Å². The molecule has 90 valence electrons. The van der Waals surface area contributed by atoms with Crippen LogP contribution in [-0.4, -0.2) is 46.5 Å². The molecular formula is C9H15N3O4. The Morgan fingerprint density at radius 2 is 2.12 bits per heavy atom. The van der Waals surface area contributed by atoms with Crippen LogP contribution in [-0.2, 0) is 9.59 Å². The molecule has 2 unspecified atom stereocenters.